The summed E-state index contributed by atoms with van der Waals surface area (Å²) in [4.78, 5) is 0. The molecular formula is C15H17OP. The monoisotopic (exact) mass is 244 g/mol. The molecule has 0 heterocycles. The van der Waals surface area contributed by atoms with Crippen LogP contribution in [0.4, 0.5) is 0 Å². The van der Waals surface area contributed by atoms with Crippen LogP contribution in [0.15, 0.2) is 54.6 Å². The maximum Gasteiger partial charge on any atom is 0.115 e. The van der Waals surface area contributed by atoms with E-state index < -0.39 is 0 Å². The van der Waals surface area contributed by atoms with Crippen LogP contribution < -0.4 is 5.30 Å². The summed E-state index contributed by atoms with van der Waals surface area (Å²) in [5.74, 6) is 0.330. The van der Waals surface area contributed by atoms with E-state index in [1.54, 1.807) is 12.1 Å². The normalized spacial score (nSPS) is 12.1. The van der Waals surface area contributed by atoms with Crippen LogP contribution in [0.1, 0.15) is 19.4 Å². The van der Waals surface area contributed by atoms with E-state index in [4.69, 9.17) is 0 Å². The largest absolute Gasteiger partial charge is 0.508 e. The first kappa shape index (κ1) is 12.1. The third kappa shape index (κ3) is 3.08. The van der Waals surface area contributed by atoms with Gasteiger partial charge in [0.1, 0.15) is 5.75 Å². The number of aromatic hydroxyl groups is 1. The van der Waals surface area contributed by atoms with Gasteiger partial charge in [0.2, 0.25) is 0 Å². The van der Waals surface area contributed by atoms with E-state index in [1.165, 1.54) is 10.9 Å². The molecule has 1 unspecified atom stereocenters. The van der Waals surface area contributed by atoms with E-state index in [2.05, 4.69) is 38.1 Å². The van der Waals surface area contributed by atoms with Crippen molar-refractivity contribution in [3.8, 4) is 5.75 Å². The molecule has 2 heteroatoms. The van der Waals surface area contributed by atoms with Crippen LogP contribution in [0.5, 0.6) is 5.75 Å². The Morgan fingerprint density at radius 1 is 0.882 bits per heavy atom. The van der Waals surface area contributed by atoms with E-state index >= 15 is 0 Å². The van der Waals surface area contributed by atoms with Crippen LogP contribution in [0.25, 0.3) is 0 Å². The second kappa shape index (κ2) is 4.89. The first-order valence-corrected chi connectivity index (χ1v) is 6.71. The summed E-state index contributed by atoms with van der Waals surface area (Å²) in [5.41, 5.74) is 1.35. The second-order valence-electron chi connectivity index (χ2n) is 4.66. The van der Waals surface area contributed by atoms with Crippen molar-refractivity contribution in [2.75, 3.05) is 0 Å². The van der Waals surface area contributed by atoms with Gasteiger partial charge in [0, 0.05) is 5.16 Å². The molecule has 0 aliphatic rings. The van der Waals surface area contributed by atoms with Crippen molar-refractivity contribution in [3.63, 3.8) is 0 Å². The Bertz CT molecular complexity index is 474. The highest BCUT2D eigenvalue weighted by molar-refractivity contribution is 7.48. The summed E-state index contributed by atoms with van der Waals surface area (Å²) in [6, 6.07) is 18.1. The predicted molar refractivity (Wildman–Crippen MR) is 75.5 cm³/mol. The molecule has 0 radical (unpaired) electrons. The van der Waals surface area contributed by atoms with Gasteiger partial charge >= 0.3 is 0 Å². The minimum Gasteiger partial charge on any atom is -0.508 e. The van der Waals surface area contributed by atoms with E-state index in [9.17, 15) is 5.11 Å². The van der Waals surface area contributed by atoms with Crippen LogP contribution in [0, 0.1) is 0 Å². The minimum atomic E-state index is 0.137. The number of hydrogen-bond donors (Lipinski definition) is 1. The number of rotatable bonds is 3. The molecule has 0 saturated carbocycles. The van der Waals surface area contributed by atoms with Crippen molar-refractivity contribution < 1.29 is 5.11 Å². The van der Waals surface area contributed by atoms with Gasteiger partial charge in [0.25, 0.3) is 0 Å². The standard InChI is InChI=1S/C15H17OP/c1-15(2,12-6-4-3-5-7-12)17-14-10-8-13(16)9-11-14/h3-11,16-17H,1-2H3. The smallest absolute Gasteiger partial charge is 0.115 e. The highest BCUT2D eigenvalue weighted by Crippen LogP contribution is 2.40. The summed E-state index contributed by atoms with van der Waals surface area (Å²) < 4.78 is 0. The quantitative estimate of drug-likeness (QED) is 0.817. The zero-order chi connectivity index (χ0) is 12.3. The van der Waals surface area contributed by atoms with Gasteiger partial charge in [0.15, 0.2) is 0 Å². The lowest BCUT2D eigenvalue weighted by molar-refractivity contribution is 0.475. The van der Waals surface area contributed by atoms with Gasteiger partial charge in [-0.15, -0.1) is 0 Å². The van der Waals surface area contributed by atoms with Gasteiger partial charge in [-0.3, -0.25) is 0 Å². The molecule has 1 atom stereocenters. The molecule has 88 valence electrons. The van der Waals surface area contributed by atoms with Crippen LogP contribution in [0.3, 0.4) is 0 Å². The molecule has 0 aliphatic heterocycles. The Labute approximate surface area is 104 Å². The molecule has 2 aromatic carbocycles. The summed E-state index contributed by atoms with van der Waals surface area (Å²) in [7, 11) is 0.694. The van der Waals surface area contributed by atoms with E-state index in [-0.39, 0.29) is 5.16 Å². The fourth-order valence-corrected chi connectivity index (χ4v) is 3.20. The molecule has 0 aliphatic carbocycles. The molecule has 1 N–H and O–H groups in total. The van der Waals surface area contributed by atoms with Crippen LogP contribution in [-0.4, -0.2) is 5.11 Å². The molecule has 17 heavy (non-hydrogen) atoms. The van der Waals surface area contributed by atoms with Crippen molar-refractivity contribution in [3.05, 3.63) is 60.2 Å². The van der Waals surface area contributed by atoms with Crippen molar-refractivity contribution in [1.29, 1.82) is 0 Å². The van der Waals surface area contributed by atoms with Gasteiger partial charge in [-0.25, -0.2) is 0 Å². The third-order valence-corrected chi connectivity index (χ3v) is 4.36. The summed E-state index contributed by atoms with van der Waals surface area (Å²) >= 11 is 0. The molecule has 0 bridgehead atoms. The maximum absolute atomic E-state index is 9.28. The molecule has 0 fully saturated rings. The molecule has 0 saturated heterocycles. The third-order valence-electron chi connectivity index (χ3n) is 2.82. The van der Waals surface area contributed by atoms with E-state index in [1.807, 2.05) is 18.2 Å². The lowest BCUT2D eigenvalue weighted by Crippen LogP contribution is -2.14. The highest BCUT2D eigenvalue weighted by atomic mass is 31.1. The molecule has 0 spiro atoms. The average molecular weight is 244 g/mol. The summed E-state index contributed by atoms with van der Waals surface area (Å²) in [6.45, 7) is 4.52. The lowest BCUT2D eigenvalue weighted by atomic mass is 10.0. The molecule has 0 amide bonds. The fraction of sp³-hybridized carbons (Fsp3) is 0.200. The Balaban J connectivity index is 2.20. The lowest BCUT2D eigenvalue weighted by Gasteiger charge is -2.25. The number of phenolic OH excluding ortho intramolecular Hbond substituents is 1. The summed E-state index contributed by atoms with van der Waals surface area (Å²) in [5, 5.41) is 10.7. The number of phenols is 1. The van der Waals surface area contributed by atoms with Crippen molar-refractivity contribution >= 4 is 13.9 Å². The maximum atomic E-state index is 9.28. The number of benzene rings is 2. The predicted octanol–water partition coefficient (Wildman–Crippen LogP) is 3.63. The van der Waals surface area contributed by atoms with Crippen molar-refractivity contribution in [2.45, 2.75) is 19.0 Å². The zero-order valence-corrected chi connectivity index (χ0v) is 11.1. The Morgan fingerprint density at radius 3 is 2.06 bits per heavy atom. The van der Waals surface area contributed by atoms with Gasteiger partial charge < -0.3 is 5.11 Å². The van der Waals surface area contributed by atoms with E-state index in [0.717, 1.165) is 0 Å². The second-order valence-corrected chi connectivity index (χ2v) is 6.74. The Hall–Kier alpha value is -1.33. The number of hydrogen-bond acceptors (Lipinski definition) is 1. The van der Waals surface area contributed by atoms with E-state index in [0.29, 0.717) is 14.3 Å². The molecule has 2 aromatic rings. The first-order valence-electron chi connectivity index (χ1n) is 5.71. The van der Waals surface area contributed by atoms with Crippen molar-refractivity contribution in [2.24, 2.45) is 0 Å². The van der Waals surface area contributed by atoms with Crippen LogP contribution >= 0.6 is 8.58 Å². The Kier molecular flexibility index (Phi) is 3.49. The Morgan fingerprint density at radius 2 is 1.47 bits per heavy atom. The highest BCUT2D eigenvalue weighted by Gasteiger charge is 2.20. The van der Waals surface area contributed by atoms with Crippen LogP contribution in [0.2, 0.25) is 0 Å². The molecule has 2 rings (SSSR count). The minimum absolute atomic E-state index is 0.137. The first-order chi connectivity index (χ1) is 8.08. The van der Waals surface area contributed by atoms with Gasteiger partial charge in [-0.2, -0.15) is 0 Å². The van der Waals surface area contributed by atoms with Gasteiger partial charge in [-0.05, 0) is 23.0 Å². The fourth-order valence-electron chi connectivity index (χ4n) is 1.83. The van der Waals surface area contributed by atoms with Gasteiger partial charge in [-0.1, -0.05) is 64.9 Å². The summed E-state index contributed by atoms with van der Waals surface area (Å²) in [6.07, 6.45) is 0. The molecule has 0 aromatic heterocycles. The van der Waals surface area contributed by atoms with Crippen molar-refractivity contribution in [1.82, 2.24) is 0 Å². The molecular weight excluding hydrogens is 227 g/mol. The SMILES string of the molecule is CC(C)(Pc1ccc(O)cc1)c1ccccc1. The molecule has 1 nitrogen and oxygen atoms in total. The topological polar surface area (TPSA) is 20.2 Å². The van der Waals surface area contributed by atoms with Crippen LogP contribution in [-0.2, 0) is 5.16 Å². The average Bonchev–Trinajstić information content (AvgIpc) is 2.33. The van der Waals surface area contributed by atoms with Gasteiger partial charge in [0.05, 0.1) is 0 Å². The zero-order valence-electron chi connectivity index (χ0n) is 10.1.